The number of anilines is 1. The van der Waals surface area contributed by atoms with E-state index in [1.54, 1.807) is 4.57 Å². The van der Waals surface area contributed by atoms with Crippen LogP contribution in [0, 0.1) is 26.5 Å². The molecule has 0 bridgehead atoms. The van der Waals surface area contributed by atoms with Crippen molar-refractivity contribution in [2.24, 2.45) is 11.3 Å². The number of rotatable bonds is 3. The van der Waals surface area contributed by atoms with E-state index in [0.29, 0.717) is 33.7 Å². The van der Waals surface area contributed by atoms with Crippen LogP contribution in [0.3, 0.4) is 0 Å². The number of alkyl halides is 2. The molecule has 8 nitrogen and oxygen atoms in total. The van der Waals surface area contributed by atoms with Crippen LogP contribution in [-0.2, 0) is 0 Å². The topological polar surface area (TPSA) is 120 Å². The van der Waals surface area contributed by atoms with Gasteiger partial charge >= 0.3 is 0 Å². The minimum atomic E-state index is -2.67. The monoisotopic (exact) mass is 502 g/mol. The van der Waals surface area contributed by atoms with Gasteiger partial charge in [0.15, 0.2) is 20.8 Å². The summed E-state index contributed by atoms with van der Waals surface area (Å²) in [5.41, 5.74) is -0.0480. The molecule has 0 aliphatic heterocycles. The van der Waals surface area contributed by atoms with Gasteiger partial charge in [0.1, 0.15) is 12.2 Å². The van der Waals surface area contributed by atoms with Crippen molar-refractivity contribution in [2.75, 3.05) is 5.32 Å². The minimum absolute atomic E-state index is 0.158. The average Bonchev–Trinajstić information content (AvgIpc) is 2.95. The number of nitrogens with one attached hydrogen (secondary N) is 1. The summed E-state index contributed by atoms with van der Waals surface area (Å²) < 4.78 is 29.1. The Hall–Kier alpha value is -1.65. The largest absolute Gasteiger partial charge is 0.389 e. The number of halogens is 3. The summed E-state index contributed by atoms with van der Waals surface area (Å²) in [7, 11) is 0. The molecule has 3 aliphatic carbocycles. The quantitative estimate of drug-likeness (QED) is 0.433. The molecule has 0 aromatic carbocycles. The summed E-state index contributed by atoms with van der Waals surface area (Å²) in [6.45, 7) is 0. The van der Waals surface area contributed by atoms with Crippen LogP contribution in [-0.4, -0.2) is 53.9 Å². The molecule has 5 rings (SSSR count). The Kier molecular flexibility index (Phi) is 3.89. The van der Waals surface area contributed by atoms with Gasteiger partial charge in [-0.05, 0) is 12.8 Å². The minimum Gasteiger partial charge on any atom is -0.389 e. The molecule has 3 saturated carbocycles. The van der Waals surface area contributed by atoms with E-state index in [-0.39, 0.29) is 18.8 Å². The highest BCUT2D eigenvalue weighted by atomic mass is 127. The third-order valence-electron chi connectivity index (χ3n) is 6.34. The van der Waals surface area contributed by atoms with Crippen LogP contribution >= 0.6 is 22.6 Å². The zero-order valence-corrected chi connectivity index (χ0v) is 16.7. The number of aliphatic hydroxyl groups excluding tert-OH is 2. The summed E-state index contributed by atoms with van der Waals surface area (Å²) in [6.07, 6.45) is -0.273. The fraction of sp³-hybridized carbons (Fsp3) is 0.647. The van der Waals surface area contributed by atoms with Crippen LogP contribution in [0.25, 0.3) is 11.2 Å². The van der Waals surface area contributed by atoms with Crippen LogP contribution in [0.5, 0.6) is 0 Å². The zero-order chi connectivity index (χ0) is 19.8. The maximum atomic E-state index is 13.5. The lowest BCUT2D eigenvalue weighted by Crippen LogP contribution is -2.33. The van der Waals surface area contributed by atoms with E-state index < -0.39 is 35.6 Å². The van der Waals surface area contributed by atoms with E-state index in [9.17, 15) is 24.3 Å². The van der Waals surface area contributed by atoms with Gasteiger partial charge in [-0.3, -0.25) is 0 Å². The van der Waals surface area contributed by atoms with Crippen molar-refractivity contribution in [3.63, 3.8) is 0 Å². The normalized spacial score (nSPS) is 38.4. The Balaban J connectivity index is 1.52. The van der Waals surface area contributed by atoms with Crippen molar-refractivity contribution in [2.45, 2.75) is 55.9 Å². The molecule has 0 unspecified atom stereocenters. The highest BCUT2D eigenvalue weighted by Gasteiger charge is 2.72. The number of nitriles is 1. The molecule has 0 amide bonds. The lowest BCUT2D eigenvalue weighted by Gasteiger charge is -2.22. The lowest BCUT2D eigenvalue weighted by molar-refractivity contribution is -0.00676. The average molecular weight is 502 g/mol. The van der Waals surface area contributed by atoms with Crippen LogP contribution in [0.1, 0.15) is 31.7 Å². The van der Waals surface area contributed by atoms with Crippen molar-refractivity contribution in [1.82, 2.24) is 19.5 Å². The Labute approximate surface area is 172 Å². The SMILES string of the molecule is N#C[C@@]12C[C@@H]1[C@@H](n1cnc3c(N[C@@H]4CCC(F)(F)C4)nc(I)nc31)[C@H](O)[C@@H]2O. The molecule has 148 valence electrons. The third kappa shape index (κ3) is 2.54. The van der Waals surface area contributed by atoms with Gasteiger partial charge in [-0.25, -0.2) is 23.7 Å². The first-order chi connectivity index (χ1) is 13.3. The van der Waals surface area contributed by atoms with Crippen molar-refractivity contribution < 1.29 is 19.0 Å². The van der Waals surface area contributed by atoms with Crippen molar-refractivity contribution in [3.05, 3.63) is 10.2 Å². The predicted molar refractivity (Wildman–Crippen MR) is 101 cm³/mol. The molecular weight excluding hydrogens is 485 g/mol. The van der Waals surface area contributed by atoms with Gasteiger partial charge in [-0.15, -0.1) is 0 Å². The second kappa shape index (κ2) is 5.93. The first kappa shape index (κ1) is 18.4. The smallest absolute Gasteiger partial charge is 0.250 e. The van der Waals surface area contributed by atoms with Gasteiger partial charge in [0.2, 0.25) is 5.92 Å². The molecule has 0 spiro atoms. The Morgan fingerprint density at radius 1 is 1.32 bits per heavy atom. The van der Waals surface area contributed by atoms with Crippen molar-refractivity contribution in [1.29, 1.82) is 5.26 Å². The second-order valence-electron chi connectivity index (χ2n) is 7.99. The van der Waals surface area contributed by atoms with Crippen LogP contribution in [0.15, 0.2) is 6.33 Å². The molecule has 11 heteroatoms. The lowest BCUT2D eigenvalue weighted by atomic mass is 10.0. The van der Waals surface area contributed by atoms with Gasteiger partial charge in [-0.2, -0.15) is 5.26 Å². The number of aliphatic hydroxyl groups is 2. The molecule has 3 aliphatic rings. The molecule has 2 aromatic rings. The number of hydrogen-bond acceptors (Lipinski definition) is 7. The molecule has 2 aromatic heterocycles. The molecule has 2 heterocycles. The maximum absolute atomic E-state index is 13.5. The molecule has 3 fully saturated rings. The summed E-state index contributed by atoms with van der Waals surface area (Å²) in [5.74, 6) is -2.48. The Morgan fingerprint density at radius 3 is 2.75 bits per heavy atom. The summed E-state index contributed by atoms with van der Waals surface area (Å²) in [5, 5.41) is 33.3. The van der Waals surface area contributed by atoms with E-state index in [2.05, 4.69) is 26.3 Å². The fourth-order valence-corrected chi connectivity index (χ4v) is 5.30. The Morgan fingerprint density at radius 2 is 2.11 bits per heavy atom. The first-order valence-electron chi connectivity index (χ1n) is 9.07. The third-order valence-corrected chi connectivity index (χ3v) is 6.82. The zero-order valence-electron chi connectivity index (χ0n) is 14.6. The van der Waals surface area contributed by atoms with E-state index >= 15 is 0 Å². The molecule has 3 N–H and O–H groups in total. The predicted octanol–water partition coefficient (Wildman–Crippen LogP) is 1.84. The molecule has 6 atom stereocenters. The highest BCUT2D eigenvalue weighted by molar-refractivity contribution is 14.1. The number of hydrogen-bond donors (Lipinski definition) is 3. The van der Waals surface area contributed by atoms with E-state index in [0.717, 1.165) is 0 Å². The molecule has 28 heavy (non-hydrogen) atoms. The number of imidazole rings is 1. The highest BCUT2D eigenvalue weighted by Crippen LogP contribution is 2.67. The molecule has 0 radical (unpaired) electrons. The van der Waals surface area contributed by atoms with E-state index in [4.69, 9.17) is 0 Å². The number of fused-ring (bicyclic) bond motifs is 2. The standard InChI is InChI=1S/C17H17F2IN6O2/c18-17(19)2-1-7(3-17)23-13-9-14(25-15(20)24-13)26(6-22-9)10-8-4-16(8,5-21)12(28)11(10)27/h6-8,10-12,27-28H,1-4H2,(H,23,24,25)/t7-,8-,10-,11+,12+,16+/m1/s1. The van der Waals surface area contributed by atoms with E-state index in [1.807, 2.05) is 22.6 Å². The van der Waals surface area contributed by atoms with Gasteiger partial charge in [0.05, 0.1) is 23.9 Å². The first-order valence-corrected chi connectivity index (χ1v) is 10.2. The summed E-state index contributed by atoms with van der Waals surface area (Å²) in [6, 6.07) is 1.23. The van der Waals surface area contributed by atoms with Crippen molar-refractivity contribution in [3.8, 4) is 6.07 Å². The van der Waals surface area contributed by atoms with Crippen molar-refractivity contribution >= 4 is 39.6 Å². The summed E-state index contributed by atoms with van der Waals surface area (Å²) in [4.78, 5) is 13.1. The van der Waals surface area contributed by atoms with Gasteiger partial charge in [-0.1, -0.05) is 0 Å². The second-order valence-corrected chi connectivity index (χ2v) is 8.96. The summed E-state index contributed by atoms with van der Waals surface area (Å²) >= 11 is 1.94. The van der Waals surface area contributed by atoms with Gasteiger partial charge in [0, 0.05) is 47.4 Å². The number of nitrogens with zero attached hydrogens (tertiary/aromatic N) is 5. The fourth-order valence-electron chi connectivity index (χ4n) is 4.83. The van der Waals surface area contributed by atoms with Crippen LogP contribution < -0.4 is 5.32 Å². The molecule has 0 saturated heterocycles. The number of aromatic nitrogens is 4. The van der Waals surface area contributed by atoms with Crippen LogP contribution in [0.4, 0.5) is 14.6 Å². The van der Waals surface area contributed by atoms with Gasteiger partial charge < -0.3 is 20.1 Å². The van der Waals surface area contributed by atoms with E-state index in [1.165, 1.54) is 6.33 Å². The maximum Gasteiger partial charge on any atom is 0.250 e. The van der Waals surface area contributed by atoms with Crippen LogP contribution in [0.2, 0.25) is 0 Å². The van der Waals surface area contributed by atoms with Gasteiger partial charge in [0.25, 0.3) is 0 Å². The Bertz CT molecular complexity index is 1010. The molecular formula is C17H17F2IN6O2.